The Balaban J connectivity index is 1.75. The molecule has 0 aliphatic rings. The summed E-state index contributed by atoms with van der Waals surface area (Å²) in [4.78, 5) is 15.0. The molecule has 2 aromatic heterocycles. The van der Waals surface area contributed by atoms with Crippen LogP contribution in [0.2, 0.25) is 5.15 Å². The van der Waals surface area contributed by atoms with Crippen molar-refractivity contribution in [3.63, 3.8) is 0 Å². The average Bonchev–Trinajstić information content (AvgIpc) is 2.94. The molecule has 0 saturated carbocycles. The number of benzene rings is 1. The van der Waals surface area contributed by atoms with Crippen LogP contribution in [0.5, 0.6) is 0 Å². The molecule has 1 N–H and O–H groups in total. The molecule has 0 aliphatic carbocycles. The molecule has 5 nitrogen and oxygen atoms in total. The van der Waals surface area contributed by atoms with Gasteiger partial charge in [-0.2, -0.15) is 0 Å². The number of aromatic nitrogens is 3. The third kappa shape index (κ3) is 3.01. The minimum absolute atomic E-state index is 0.275. The van der Waals surface area contributed by atoms with Crippen LogP contribution in [0, 0.1) is 0 Å². The van der Waals surface area contributed by atoms with E-state index in [0.29, 0.717) is 16.1 Å². The summed E-state index contributed by atoms with van der Waals surface area (Å²) in [7, 11) is 0. The zero-order valence-corrected chi connectivity index (χ0v) is 12.3. The number of rotatable bonds is 4. The molecule has 0 fully saturated rings. The molecule has 2 heterocycles. The highest BCUT2D eigenvalue weighted by Crippen LogP contribution is 2.23. The summed E-state index contributed by atoms with van der Waals surface area (Å²) in [5.41, 5.74) is 2.04. The summed E-state index contributed by atoms with van der Waals surface area (Å²) >= 11 is 7.54. The summed E-state index contributed by atoms with van der Waals surface area (Å²) in [5.74, 6) is -0.286. The Morgan fingerprint density at radius 3 is 2.76 bits per heavy atom. The molecule has 21 heavy (non-hydrogen) atoms. The highest BCUT2D eigenvalue weighted by molar-refractivity contribution is 7.98. The van der Waals surface area contributed by atoms with Gasteiger partial charge in [0.05, 0.1) is 5.56 Å². The first-order valence-corrected chi connectivity index (χ1v) is 7.46. The Morgan fingerprint density at radius 2 is 2.05 bits per heavy atom. The van der Waals surface area contributed by atoms with E-state index >= 15 is 0 Å². The van der Waals surface area contributed by atoms with Gasteiger partial charge >= 0.3 is 5.97 Å². The van der Waals surface area contributed by atoms with Crippen molar-refractivity contribution in [3.05, 3.63) is 58.9 Å². The summed E-state index contributed by atoms with van der Waals surface area (Å²) < 4.78 is 1.69. The number of hydrogen-bond acceptors (Lipinski definition) is 4. The standard InChI is InChI=1S/C14H10ClN3O2S/c15-12-11-2-1-7-18(11)17-14(16-12)21-8-9-3-5-10(6-4-9)13(19)20/h1-7H,8H2,(H,19,20). The van der Waals surface area contributed by atoms with E-state index in [-0.39, 0.29) is 5.56 Å². The SMILES string of the molecule is O=C(O)c1ccc(CSc2nc(Cl)c3cccn3n2)cc1. The largest absolute Gasteiger partial charge is 0.478 e. The summed E-state index contributed by atoms with van der Waals surface area (Å²) in [5, 5.41) is 14.2. The minimum atomic E-state index is -0.928. The Bertz CT molecular complexity index is 802. The Hall–Kier alpha value is -2.05. The van der Waals surface area contributed by atoms with Crippen LogP contribution in [0.1, 0.15) is 15.9 Å². The monoisotopic (exact) mass is 319 g/mol. The molecule has 0 unspecified atom stereocenters. The van der Waals surface area contributed by atoms with Crippen LogP contribution >= 0.6 is 23.4 Å². The maximum atomic E-state index is 10.8. The molecule has 1 aromatic carbocycles. The predicted octanol–water partition coefficient (Wildman–Crippen LogP) is 3.37. The molecule has 106 valence electrons. The van der Waals surface area contributed by atoms with Crippen molar-refractivity contribution < 1.29 is 9.90 Å². The molecule has 0 aliphatic heterocycles. The second kappa shape index (κ2) is 5.75. The van der Waals surface area contributed by atoms with Crippen molar-refractivity contribution in [3.8, 4) is 0 Å². The number of thioether (sulfide) groups is 1. The summed E-state index contributed by atoms with van der Waals surface area (Å²) in [6.45, 7) is 0. The van der Waals surface area contributed by atoms with E-state index in [1.54, 1.807) is 28.8 Å². The highest BCUT2D eigenvalue weighted by Gasteiger charge is 2.07. The van der Waals surface area contributed by atoms with Crippen LogP contribution in [0.3, 0.4) is 0 Å². The third-order valence-electron chi connectivity index (χ3n) is 2.90. The summed E-state index contributed by atoms with van der Waals surface area (Å²) in [6.07, 6.45) is 1.81. The fourth-order valence-corrected chi connectivity index (χ4v) is 2.90. The number of carbonyl (C=O) groups is 1. The van der Waals surface area contributed by atoms with Gasteiger partial charge in [0.2, 0.25) is 5.16 Å². The fraction of sp³-hybridized carbons (Fsp3) is 0.0714. The number of halogens is 1. The Morgan fingerprint density at radius 1 is 1.29 bits per heavy atom. The number of fused-ring (bicyclic) bond motifs is 1. The average molecular weight is 320 g/mol. The first-order chi connectivity index (χ1) is 10.1. The molecular formula is C14H10ClN3O2S. The molecule has 3 aromatic rings. The van der Waals surface area contributed by atoms with Crippen LogP contribution in [-0.2, 0) is 5.75 Å². The van der Waals surface area contributed by atoms with Gasteiger partial charge in [-0.25, -0.2) is 14.3 Å². The quantitative estimate of drug-likeness (QED) is 0.747. The Kier molecular flexibility index (Phi) is 3.81. The van der Waals surface area contributed by atoms with Crippen LogP contribution in [0.4, 0.5) is 0 Å². The van der Waals surface area contributed by atoms with Crippen molar-refractivity contribution >= 4 is 34.8 Å². The van der Waals surface area contributed by atoms with Gasteiger partial charge in [0.1, 0.15) is 5.52 Å². The maximum Gasteiger partial charge on any atom is 0.335 e. The first-order valence-electron chi connectivity index (χ1n) is 6.09. The van der Waals surface area contributed by atoms with E-state index in [4.69, 9.17) is 16.7 Å². The lowest BCUT2D eigenvalue weighted by Crippen LogP contribution is -1.97. The zero-order valence-electron chi connectivity index (χ0n) is 10.7. The lowest BCUT2D eigenvalue weighted by molar-refractivity contribution is 0.0697. The smallest absolute Gasteiger partial charge is 0.335 e. The van der Waals surface area contributed by atoms with E-state index in [0.717, 1.165) is 11.1 Å². The normalized spacial score (nSPS) is 10.9. The van der Waals surface area contributed by atoms with E-state index in [9.17, 15) is 4.79 Å². The molecule has 3 rings (SSSR count). The number of nitrogens with zero attached hydrogens (tertiary/aromatic N) is 3. The lowest BCUT2D eigenvalue weighted by Gasteiger charge is -2.03. The molecule has 0 bridgehead atoms. The molecular weight excluding hydrogens is 310 g/mol. The van der Waals surface area contributed by atoms with E-state index in [2.05, 4.69) is 10.1 Å². The van der Waals surface area contributed by atoms with Crippen LogP contribution in [0.25, 0.3) is 5.52 Å². The van der Waals surface area contributed by atoms with Gasteiger partial charge in [0.25, 0.3) is 0 Å². The van der Waals surface area contributed by atoms with Crippen molar-refractivity contribution in [2.75, 3.05) is 0 Å². The van der Waals surface area contributed by atoms with Gasteiger partial charge in [0.15, 0.2) is 5.15 Å². The molecule has 0 saturated heterocycles. The van der Waals surface area contributed by atoms with Crippen molar-refractivity contribution in [1.29, 1.82) is 0 Å². The second-order valence-electron chi connectivity index (χ2n) is 4.31. The molecule has 7 heteroatoms. The number of aromatic carboxylic acids is 1. The number of hydrogen-bond donors (Lipinski definition) is 1. The molecule has 0 spiro atoms. The van der Waals surface area contributed by atoms with E-state index < -0.39 is 5.97 Å². The third-order valence-corrected chi connectivity index (χ3v) is 4.08. The van der Waals surface area contributed by atoms with Gasteiger partial charge in [-0.15, -0.1) is 5.10 Å². The lowest BCUT2D eigenvalue weighted by atomic mass is 10.1. The number of carboxylic acids is 1. The van der Waals surface area contributed by atoms with Gasteiger partial charge < -0.3 is 5.11 Å². The maximum absolute atomic E-state index is 10.8. The fourth-order valence-electron chi connectivity index (χ4n) is 1.83. The number of carboxylic acid groups (broad SMARTS) is 1. The van der Waals surface area contributed by atoms with Crippen molar-refractivity contribution in [1.82, 2.24) is 14.6 Å². The van der Waals surface area contributed by atoms with Gasteiger partial charge in [-0.3, -0.25) is 0 Å². The minimum Gasteiger partial charge on any atom is -0.478 e. The van der Waals surface area contributed by atoms with Crippen LogP contribution in [0.15, 0.2) is 47.8 Å². The van der Waals surface area contributed by atoms with E-state index in [1.165, 1.54) is 11.8 Å². The Labute approximate surface area is 129 Å². The van der Waals surface area contributed by atoms with Crippen LogP contribution < -0.4 is 0 Å². The van der Waals surface area contributed by atoms with E-state index in [1.807, 2.05) is 18.3 Å². The highest BCUT2D eigenvalue weighted by atomic mass is 35.5. The molecule has 0 atom stereocenters. The molecule has 0 radical (unpaired) electrons. The van der Waals surface area contributed by atoms with Gasteiger partial charge in [0, 0.05) is 11.9 Å². The molecule has 0 amide bonds. The van der Waals surface area contributed by atoms with Gasteiger partial charge in [-0.05, 0) is 29.8 Å². The first kappa shape index (κ1) is 13.9. The van der Waals surface area contributed by atoms with Gasteiger partial charge in [-0.1, -0.05) is 35.5 Å². The predicted molar refractivity (Wildman–Crippen MR) is 81.0 cm³/mol. The summed E-state index contributed by atoms with van der Waals surface area (Å²) in [6, 6.07) is 10.4. The second-order valence-corrected chi connectivity index (χ2v) is 5.61. The van der Waals surface area contributed by atoms with Crippen LogP contribution in [-0.4, -0.2) is 25.7 Å². The zero-order chi connectivity index (χ0) is 14.8. The van der Waals surface area contributed by atoms with Crippen molar-refractivity contribution in [2.24, 2.45) is 0 Å². The van der Waals surface area contributed by atoms with Crippen molar-refractivity contribution in [2.45, 2.75) is 10.9 Å². The topological polar surface area (TPSA) is 67.5 Å².